The van der Waals surface area contributed by atoms with Gasteiger partial charge in [0, 0.05) is 36.0 Å². The van der Waals surface area contributed by atoms with Gasteiger partial charge < -0.3 is 10.6 Å². The normalized spacial score (nSPS) is 25.3. The van der Waals surface area contributed by atoms with Gasteiger partial charge in [0.05, 0.1) is 0 Å². The van der Waals surface area contributed by atoms with Crippen molar-refractivity contribution in [1.29, 1.82) is 0 Å². The Morgan fingerprint density at radius 3 is 2.18 bits per heavy atom. The predicted molar refractivity (Wildman–Crippen MR) is 87.4 cm³/mol. The van der Waals surface area contributed by atoms with Gasteiger partial charge in [-0.3, -0.25) is 14.5 Å². The van der Waals surface area contributed by atoms with Gasteiger partial charge in [0.15, 0.2) is 0 Å². The van der Waals surface area contributed by atoms with E-state index in [0.29, 0.717) is 0 Å². The number of carbonyl (C=O) groups is 2. The molecule has 0 unspecified atom stereocenters. The van der Waals surface area contributed by atoms with Gasteiger partial charge in [-0.05, 0) is 40.5 Å². The quantitative estimate of drug-likeness (QED) is 0.828. The lowest BCUT2D eigenvalue weighted by Crippen LogP contribution is -2.51. The molecule has 22 heavy (non-hydrogen) atoms. The lowest BCUT2D eigenvalue weighted by molar-refractivity contribution is -0.130. The number of carbonyl (C=O) groups excluding carboxylic acids is 2. The first-order valence-corrected chi connectivity index (χ1v) is 8.41. The Morgan fingerprint density at radius 2 is 1.73 bits per heavy atom. The molecular weight excluding hydrogens is 278 g/mol. The zero-order valence-corrected chi connectivity index (χ0v) is 14.8. The lowest BCUT2D eigenvalue weighted by Gasteiger charge is -2.31. The number of hydrogen-bond donors (Lipinski definition) is 2. The molecule has 0 radical (unpaired) electrons. The van der Waals surface area contributed by atoms with Crippen molar-refractivity contribution in [3.8, 4) is 0 Å². The molecule has 1 aliphatic heterocycles. The number of amides is 2. The van der Waals surface area contributed by atoms with Gasteiger partial charge >= 0.3 is 0 Å². The molecule has 0 aromatic heterocycles. The standard InChI is InChI=1S/C17H31N3O2/c1-11(2)14(21)18-12(3)15(22)19-13-9-20(16(4,5)6)10-17(13)7-8-17/h11-13H,7-10H2,1-6H3,(H,18,21)(H,19,22)/t12-,13-/m0/s1. The first-order chi connectivity index (χ1) is 10.0. The first-order valence-electron chi connectivity index (χ1n) is 8.41. The largest absolute Gasteiger partial charge is 0.350 e. The average molecular weight is 309 g/mol. The minimum atomic E-state index is -0.477. The van der Waals surface area contributed by atoms with Crippen LogP contribution < -0.4 is 10.6 Å². The van der Waals surface area contributed by atoms with Crippen LogP contribution >= 0.6 is 0 Å². The lowest BCUT2D eigenvalue weighted by atomic mass is 10.0. The second-order valence-electron chi connectivity index (χ2n) is 8.36. The van der Waals surface area contributed by atoms with Crippen molar-refractivity contribution in [1.82, 2.24) is 15.5 Å². The maximum atomic E-state index is 12.4. The average Bonchev–Trinajstić information content (AvgIpc) is 3.06. The van der Waals surface area contributed by atoms with Crippen LogP contribution in [-0.4, -0.2) is 47.4 Å². The van der Waals surface area contributed by atoms with Crippen molar-refractivity contribution in [3.63, 3.8) is 0 Å². The molecule has 1 heterocycles. The molecule has 5 nitrogen and oxygen atoms in total. The summed E-state index contributed by atoms with van der Waals surface area (Å²) in [5.41, 5.74) is 0.400. The van der Waals surface area contributed by atoms with E-state index >= 15 is 0 Å². The number of likely N-dealkylation sites (tertiary alicyclic amines) is 1. The number of rotatable bonds is 4. The molecule has 1 spiro atoms. The molecule has 126 valence electrons. The van der Waals surface area contributed by atoms with E-state index in [-0.39, 0.29) is 34.7 Å². The second-order valence-corrected chi connectivity index (χ2v) is 8.36. The van der Waals surface area contributed by atoms with Crippen molar-refractivity contribution in [2.45, 2.75) is 72.0 Å². The number of nitrogens with one attached hydrogen (secondary N) is 2. The van der Waals surface area contributed by atoms with E-state index < -0.39 is 6.04 Å². The molecule has 2 aliphatic rings. The highest BCUT2D eigenvalue weighted by Crippen LogP contribution is 2.53. The summed E-state index contributed by atoms with van der Waals surface area (Å²) in [6.07, 6.45) is 2.38. The summed E-state index contributed by atoms with van der Waals surface area (Å²) in [5.74, 6) is -0.250. The summed E-state index contributed by atoms with van der Waals surface area (Å²) < 4.78 is 0. The van der Waals surface area contributed by atoms with E-state index in [1.165, 1.54) is 12.8 Å². The van der Waals surface area contributed by atoms with E-state index in [1.54, 1.807) is 6.92 Å². The Balaban J connectivity index is 1.93. The van der Waals surface area contributed by atoms with Crippen LogP contribution in [0.2, 0.25) is 0 Å². The molecule has 1 aliphatic carbocycles. The maximum absolute atomic E-state index is 12.4. The second kappa shape index (κ2) is 5.84. The van der Waals surface area contributed by atoms with Gasteiger partial charge in [-0.1, -0.05) is 13.8 Å². The van der Waals surface area contributed by atoms with Crippen LogP contribution in [0.15, 0.2) is 0 Å². The zero-order valence-electron chi connectivity index (χ0n) is 14.8. The molecule has 2 atom stereocenters. The van der Waals surface area contributed by atoms with Crippen LogP contribution in [0, 0.1) is 11.3 Å². The molecule has 5 heteroatoms. The molecule has 1 saturated heterocycles. The van der Waals surface area contributed by atoms with Crippen molar-refractivity contribution < 1.29 is 9.59 Å². The van der Waals surface area contributed by atoms with Crippen LogP contribution in [0.4, 0.5) is 0 Å². The molecule has 2 fully saturated rings. The summed E-state index contributed by atoms with van der Waals surface area (Å²) in [7, 11) is 0. The molecule has 1 saturated carbocycles. The van der Waals surface area contributed by atoms with Crippen molar-refractivity contribution in [3.05, 3.63) is 0 Å². The Hall–Kier alpha value is -1.10. The SMILES string of the molecule is CC(C)C(=O)N[C@@H](C)C(=O)N[C@H]1CN(C(C)(C)C)CC12CC2. The van der Waals surface area contributed by atoms with Crippen molar-refractivity contribution in [2.24, 2.45) is 11.3 Å². The van der Waals surface area contributed by atoms with E-state index in [1.807, 2.05) is 13.8 Å². The summed E-state index contributed by atoms with van der Waals surface area (Å²) in [6, 6.07) is -0.271. The molecule has 0 aromatic carbocycles. The summed E-state index contributed by atoms with van der Waals surface area (Å²) >= 11 is 0. The molecule has 0 bridgehead atoms. The van der Waals surface area contributed by atoms with Gasteiger partial charge in [-0.25, -0.2) is 0 Å². The van der Waals surface area contributed by atoms with Gasteiger partial charge in [0.2, 0.25) is 11.8 Å². The molecular formula is C17H31N3O2. The summed E-state index contributed by atoms with van der Waals surface area (Å²) in [6.45, 7) is 14.0. The van der Waals surface area contributed by atoms with E-state index in [2.05, 4.69) is 36.3 Å². The van der Waals surface area contributed by atoms with E-state index in [4.69, 9.17) is 0 Å². The van der Waals surface area contributed by atoms with E-state index in [0.717, 1.165) is 13.1 Å². The first kappa shape index (κ1) is 17.3. The van der Waals surface area contributed by atoms with E-state index in [9.17, 15) is 9.59 Å². The van der Waals surface area contributed by atoms with Crippen molar-refractivity contribution in [2.75, 3.05) is 13.1 Å². The van der Waals surface area contributed by atoms with Gasteiger partial charge in [-0.2, -0.15) is 0 Å². The number of nitrogens with zero attached hydrogens (tertiary/aromatic N) is 1. The molecule has 2 N–H and O–H groups in total. The summed E-state index contributed by atoms with van der Waals surface area (Å²) in [4.78, 5) is 26.6. The van der Waals surface area contributed by atoms with Gasteiger partial charge in [0.25, 0.3) is 0 Å². The van der Waals surface area contributed by atoms with Gasteiger partial charge in [0.1, 0.15) is 6.04 Å². The highest BCUT2D eigenvalue weighted by Gasteiger charge is 2.57. The van der Waals surface area contributed by atoms with Crippen molar-refractivity contribution >= 4 is 11.8 Å². The van der Waals surface area contributed by atoms with Crippen LogP contribution in [0.3, 0.4) is 0 Å². The van der Waals surface area contributed by atoms with Crippen LogP contribution in [0.25, 0.3) is 0 Å². The monoisotopic (exact) mass is 309 g/mol. The molecule has 2 amide bonds. The minimum Gasteiger partial charge on any atom is -0.350 e. The third kappa shape index (κ3) is 3.62. The van der Waals surface area contributed by atoms with Crippen LogP contribution in [-0.2, 0) is 9.59 Å². The predicted octanol–water partition coefficient (Wildman–Crippen LogP) is 1.53. The Morgan fingerprint density at radius 1 is 1.14 bits per heavy atom. The number of hydrogen-bond acceptors (Lipinski definition) is 3. The fourth-order valence-corrected chi connectivity index (χ4v) is 3.09. The third-order valence-corrected chi connectivity index (χ3v) is 5.08. The highest BCUT2D eigenvalue weighted by atomic mass is 16.2. The van der Waals surface area contributed by atoms with Gasteiger partial charge in [-0.15, -0.1) is 0 Å². The van der Waals surface area contributed by atoms with Crippen LogP contribution in [0.1, 0.15) is 54.4 Å². The Bertz CT molecular complexity index is 449. The molecule has 0 aromatic rings. The Kier molecular flexibility index (Phi) is 4.58. The minimum absolute atomic E-state index is 0.0685. The zero-order chi connectivity index (χ0) is 16.7. The summed E-state index contributed by atoms with van der Waals surface area (Å²) in [5, 5.41) is 5.96. The fourth-order valence-electron chi connectivity index (χ4n) is 3.09. The smallest absolute Gasteiger partial charge is 0.242 e. The Labute approximate surface area is 134 Å². The fraction of sp³-hybridized carbons (Fsp3) is 0.882. The molecule has 2 rings (SSSR count). The topological polar surface area (TPSA) is 61.4 Å². The third-order valence-electron chi connectivity index (χ3n) is 5.08. The maximum Gasteiger partial charge on any atom is 0.242 e. The highest BCUT2D eigenvalue weighted by molar-refractivity contribution is 5.88. The van der Waals surface area contributed by atoms with Crippen LogP contribution in [0.5, 0.6) is 0 Å².